The van der Waals surface area contributed by atoms with E-state index in [0.717, 1.165) is 31.3 Å². The SMILES string of the molecule is CCCCc1nc(SC)c(C(=O)O)n1Cc1ccc(-c2ccccc2S(=O)(=O)NC(=O)OC)cc1. The Morgan fingerprint density at radius 1 is 1.14 bits per heavy atom. The molecule has 1 amide bonds. The van der Waals surface area contributed by atoms with E-state index in [1.165, 1.54) is 17.8 Å². The number of unbranched alkanes of at least 4 members (excludes halogenated alkanes) is 1. The van der Waals surface area contributed by atoms with Gasteiger partial charge in [-0.3, -0.25) is 0 Å². The number of carboxylic acid groups (broad SMARTS) is 1. The lowest BCUT2D eigenvalue weighted by Crippen LogP contribution is -2.30. The molecule has 3 aromatic rings. The van der Waals surface area contributed by atoms with Crippen LogP contribution in [0.4, 0.5) is 4.79 Å². The van der Waals surface area contributed by atoms with E-state index in [2.05, 4.69) is 16.6 Å². The zero-order valence-electron chi connectivity index (χ0n) is 19.6. The third kappa shape index (κ3) is 6.04. The van der Waals surface area contributed by atoms with Gasteiger partial charge in [-0.1, -0.05) is 55.8 Å². The van der Waals surface area contributed by atoms with E-state index in [-0.39, 0.29) is 10.6 Å². The molecule has 0 unspecified atom stereocenters. The number of hydrogen-bond donors (Lipinski definition) is 2. The number of ether oxygens (including phenoxy) is 1. The highest BCUT2D eigenvalue weighted by molar-refractivity contribution is 7.98. The molecule has 1 aromatic heterocycles. The first-order valence-electron chi connectivity index (χ1n) is 10.9. The fourth-order valence-electron chi connectivity index (χ4n) is 3.64. The van der Waals surface area contributed by atoms with Crippen molar-refractivity contribution in [2.75, 3.05) is 13.4 Å². The van der Waals surface area contributed by atoms with Gasteiger partial charge in [-0.2, -0.15) is 0 Å². The summed E-state index contributed by atoms with van der Waals surface area (Å²) in [6.07, 6.45) is 3.26. The van der Waals surface area contributed by atoms with Gasteiger partial charge in [0.25, 0.3) is 10.0 Å². The van der Waals surface area contributed by atoms with Crippen LogP contribution in [0.2, 0.25) is 0 Å². The molecule has 3 rings (SSSR count). The predicted molar refractivity (Wildman–Crippen MR) is 133 cm³/mol. The number of rotatable bonds is 10. The van der Waals surface area contributed by atoms with Crippen molar-refractivity contribution < 1.29 is 27.9 Å². The Kier molecular flexibility index (Phi) is 8.57. The lowest BCUT2D eigenvalue weighted by atomic mass is 10.0. The summed E-state index contributed by atoms with van der Waals surface area (Å²) < 4.78 is 33.4. The molecule has 186 valence electrons. The Balaban J connectivity index is 1.96. The maximum absolute atomic E-state index is 12.7. The molecule has 2 aromatic carbocycles. The zero-order valence-corrected chi connectivity index (χ0v) is 21.3. The largest absolute Gasteiger partial charge is 0.476 e. The van der Waals surface area contributed by atoms with E-state index in [9.17, 15) is 23.1 Å². The van der Waals surface area contributed by atoms with Gasteiger partial charge in [0.05, 0.1) is 12.0 Å². The molecular formula is C24H27N3O6S2. The Bertz CT molecular complexity index is 1320. The number of carbonyl (C=O) groups excluding carboxylic acids is 1. The third-order valence-corrected chi connectivity index (χ3v) is 7.39. The van der Waals surface area contributed by atoms with Crippen LogP contribution in [-0.4, -0.2) is 48.5 Å². The highest BCUT2D eigenvalue weighted by atomic mass is 32.2. The number of sulfonamides is 1. The number of nitrogens with one attached hydrogen (secondary N) is 1. The van der Waals surface area contributed by atoms with Gasteiger partial charge in [0.1, 0.15) is 10.9 Å². The number of hydrogen-bond acceptors (Lipinski definition) is 7. The fraction of sp³-hybridized carbons (Fsp3) is 0.292. The Hall–Kier alpha value is -3.31. The number of carbonyl (C=O) groups is 2. The van der Waals surface area contributed by atoms with E-state index in [1.54, 1.807) is 41.2 Å². The first kappa shape index (κ1) is 26.3. The highest BCUT2D eigenvalue weighted by Crippen LogP contribution is 2.29. The molecule has 0 fully saturated rings. The summed E-state index contributed by atoms with van der Waals surface area (Å²) in [6, 6.07) is 13.5. The molecule has 0 saturated carbocycles. The normalized spacial score (nSPS) is 11.3. The van der Waals surface area contributed by atoms with Crippen LogP contribution in [0.3, 0.4) is 0 Å². The van der Waals surface area contributed by atoms with Crippen molar-refractivity contribution in [3.63, 3.8) is 0 Å². The van der Waals surface area contributed by atoms with Gasteiger partial charge in [-0.15, -0.1) is 11.8 Å². The van der Waals surface area contributed by atoms with E-state index in [4.69, 9.17) is 0 Å². The predicted octanol–water partition coefficient (Wildman–Crippen LogP) is 4.41. The van der Waals surface area contributed by atoms with Crippen LogP contribution in [0.25, 0.3) is 11.1 Å². The first-order valence-corrected chi connectivity index (χ1v) is 13.6. The minimum Gasteiger partial charge on any atom is -0.476 e. The van der Waals surface area contributed by atoms with Crippen LogP contribution < -0.4 is 4.72 Å². The molecule has 2 N–H and O–H groups in total. The van der Waals surface area contributed by atoms with Gasteiger partial charge < -0.3 is 14.4 Å². The molecular weight excluding hydrogens is 490 g/mol. The molecule has 0 saturated heterocycles. The van der Waals surface area contributed by atoms with Crippen molar-refractivity contribution in [1.29, 1.82) is 0 Å². The molecule has 11 heteroatoms. The Morgan fingerprint density at radius 3 is 2.43 bits per heavy atom. The van der Waals surface area contributed by atoms with Crippen molar-refractivity contribution in [2.45, 2.75) is 42.7 Å². The third-order valence-electron chi connectivity index (χ3n) is 5.35. The second-order valence-corrected chi connectivity index (χ2v) is 10.1. The monoisotopic (exact) mass is 517 g/mol. The number of aromatic nitrogens is 2. The van der Waals surface area contributed by atoms with Crippen LogP contribution >= 0.6 is 11.8 Å². The van der Waals surface area contributed by atoms with E-state index < -0.39 is 22.1 Å². The molecule has 35 heavy (non-hydrogen) atoms. The molecule has 0 radical (unpaired) electrons. The van der Waals surface area contributed by atoms with Crippen LogP contribution in [0.1, 0.15) is 41.6 Å². The number of imidazole rings is 1. The van der Waals surface area contributed by atoms with Crippen molar-refractivity contribution >= 4 is 33.8 Å². The molecule has 0 aliphatic rings. The number of amides is 1. The summed E-state index contributed by atoms with van der Waals surface area (Å²) in [5, 5.41) is 10.3. The fourth-order valence-corrected chi connectivity index (χ4v) is 5.37. The summed E-state index contributed by atoms with van der Waals surface area (Å²) in [6.45, 7) is 2.39. The van der Waals surface area contributed by atoms with Gasteiger partial charge in [0.15, 0.2) is 5.69 Å². The summed E-state index contributed by atoms with van der Waals surface area (Å²) in [7, 11) is -3.06. The molecule has 0 aliphatic heterocycles. The molecule has 0 atom stereocenters. The number of nitrogens with zero attached hydrogens (tertiary/aromatic N) is 2. The van der Waals surface area contributed by atoms with Crippen LogP contribution in [0.15, 0.2) is 58.5 Å². The molecule has 1 heterocycles. The zero-order chi connectivity index (χ0) is 25.6. The second-order valence-electron chi connectivity index (χ2n) is 7.67. The summed E-state index contributed by atoms with van der Waals surface area (Å²) in [5.41, 5.74) is 2.04. The average molecular weight is 518 g/mol. The number of aryl methyl sites for hydroxylation is 1. The van der Waals surface area contributed by atoms with Crippen molar-refractivity contribution in [3.05, 3.63) is 65.6 Å². The molecule has 9 nitrogen and oxygen atoms in total. The minimum absolute atomic E-state index is 0.0626. The summed E-state index contributed by atoms with van der Waals surface area (Å²) >= 11 is 1.30. The Morgan fingerprint density at radius 2 is 1.83 bits per heavy atom. The van der Waals surface area contributed by atoms with E-state index in [1.807, 2.05) is 16.9 Å². The number of thioether (sulfide) groups is 1. The van der Waals surface area contributed by atoms with Gasteiger partial charge in [-0.25, -0.2) is 27.7 Å². The molecule has 0 bridgehead atoms. The maximum Gasteiger partial charge on any atom is 0.420 e. The standard InChI is InChI=1S/C24H27N3O6S2/c1-4-5-10-20-25-22(34-3)21(23(28)29)27(20)15-16-11-13-17(14-12-16)18-8-6-7-9-19(18)35(31,32)26-24(30)33-2/h6-9,11-14H,4-5,10,15H2,1-3H3,(H,26,30)(H,28,29). The average Bonchev–Trinajstić information content (AvgIpc) is 3.20. The number of aromatic carboxylic acids is 1. The van der Waals surface area contributed by atoms with Crippen LogP contribution in [0, 0.1) is 0 Å². The van der Waals surface area contributed by atoms with Crippen molar-refractivity contribution in [1.82, 2.24) is 14.3 Å². The van der Waals surface area contributed by atoms with Crippen LogP contribution in [0.5, 0.6) is 0 Å². The first-order chi connectivity index (χ1) is 16.7. The van der Waals surface area contributed by atoms with E-state index >= 15 is 0 Å². The molecule has 0 aliphatic carbocycles. The number of methoxy groups -OCH3 is 1. The van der Waals surface area contributed by atoms with E-state index in [0.29, 0.717) is 29.1 Å². The minimum atomic E-state index is -4.14. The lowest BCUT2D eigenvalue weighted by Gasteiger charge is -2.13. The number of benzene rings is 2. The van der Waals surface area contributed by atoms with Crippen molar-refractivity contribution in [3.8, 4) is 11.1 Å². The maximum atomic E-state index is 12.7. The number of carboxylic acids is 1. The van der Waals surface area contributed by atoms with Crippen LogP contribution in [-0.2, 0) is 27.7 Å². The van der Waals surface area contributed by atoms with Gasteiger partial charge in [0, 0.05) is 18.5 Å². The Labute approximate surface area is 208 Å². The second kappa shape index (κ2) is 11.4. The smallest absolute Gasteiger partial charge is 0.420 e. The summed E-state index contributed by atoms with van der Waals surface area (Å²) in [5.74, 6) is -0.304. The highest BCUT2D eigenvalue weighted by Gasteiger charge is 2.23. The topological polar surface area (TPSA) is 128 Å². The lowest BCUT2D eigenvalue weighted by molar-refractivity contribution is 0.0681. The molecule has 0 spiro atoms. The summed E-state index contributed by atoms with van der Waals surface area (Å²) in [4.78, 5) is 28.0. The van der Waals surface area contributed by atoms with Gasteiger partial charge >= 0.3 is 12.1 Å². The van der Waals surface area contributed by atoms with Crippen molar-refractivity contribution in [2.24, 2.45) is 0 Å². The quantitative estimate of drug-likeness (QED) is 0.379. The van der Waals surface area contributed by atoms with Gasteiger partial charge in [-0.05, 0) is 29.9 Å². The van der Waals surface area contributed by atoms with Gasteiger partial charge in [0.2, 0.25) is 0 Å².